The summed E-state index contributed by atoms with van der Waals surface area (Å²) < 4.78 is 16.1. The number of aryl methyl sites for hydroxylation is 1. The van der Waals surface area contributed by atoms with Gasteiger partial charge in [0.2, 0.25) is 0 Å². The average molecular weight is 512 g/mol. The second-order valence-electron chi connectivity index (χ2n) is 9.52. The monoisotopic (exact) mass is 511 g/mol. The van der Waals surface area contributed by atoms with Crippen LogP contribution in [0.3, 0.4) is 0 Å². The van der Waals surface area contributed by atoms with Gasteiger partial charge in [0, 0.05) is 56.6 Å². The predicted molar refractivity (Wildman–Crippen MR) is 142 cm³/mol. The van der Waals surface area contributed by atoms with E-state index < -0.39 is 0 Å². The van der Waals surface area contributed by atoms with Gasteiger partial charge < -0.3 is 14.4 Å². The molecular weight excluding hydrogens is 474 g/mol. The van der Waals surface area contributed by atoms with Gasteiger partial charge in [0.25, 0.3) is 0 Å². The van der Waals surface area contributed by atoms with Crippen molar-refractivity contribution in [3.8, 4) is 12.1 Å². The maximum absolute atomic E-state index is 9.03. The van der Waals surface area contributed by atoms with Crippen LogP contribution in [0.15, 0.2) is 18.3 Å². The zero-order chi connectivity index (χ0) is 26.4. The fraction of sp³-hybridized carbons (Fsp3) is 0.615. The van der Waals surface area contributed by atoms with Gasteiger partial charge in [-0.05, 0) is 38.6 Å². The molecule has 0 spiro atoms. The van der Waals surface area contributed by atoms with Crippen LogP contribution in [0.2, 0.25) is 0 Å². The van der Waals surface area contributed by atoms with Crippen molar-refractivity contribution >= 4 is 18.0 Å². The molecule has 2 heterocycles. The first kappa shape index (κ1) is 27.9. The Morgan fingerprint density at radius 1 is 1.03 bits per heavy atom. The molecule has 194 valence electrons. The Balaban J connectivity index is 1.92. The molecule has 1 aliphatic rings. The molecule has 0 amide bonds. The molecule has 0 aromatic carbocycles. The smallest absolute Gasteiger partial charge is 0.128 e. The second kappa shape index (κ2) is 12.6. The number of hydrogen-bond donors (Lipinski definition) is 0. The molecule has 0 bridgehead atoms. The van der Waals surface area contributed by atoms with Crippen molar-refractivity contribution in [1.82, 2.24) is 18.5 Å². The Kier molecular flexibility index (Phi) is 9.75. The average Bonchev–Trinajstić information content (AvgIpc) is 3.22. The number of anilines is 1. The summed E-state index contributed by atoms with van der Waals surface area (Å²) in [5.41, 5.74) is 4.22. The van der Waals surface area contributed by atoms with Crippen molar-refractivity contribution in [3.63, 3.8) is 0 Å². The standard InChI is InChI=1S/C26H37N7O2S/c1-17(2)24-20(16-33(30-24)36-31(4)5)23-25(34-6)22(26(23)35-7)19-10-11-21(29-18(19)3)32(14-8-12-27)15-9-13-28/h10-11,16-17,22-23,25-26H,8-9,14-15H2,1-7H3. The largest absolute Gasteiger partial charge is 0.380 e. The number of pyridine rings is 1. The Morgan fingerprint density at radius 3 is 2.08 bits per heavy atom. The van der Waals surface area contributed by atoms with Crippen molar-refractivity contribution < 1.29 is 9.47 Å². The van der Waals surface area contributed by atoms with Crippen LogP contribution >= 0.6 is 12.1 Å². The van der Waals surface area contributed by atoms with E-state index in [4.69, 9.17) is 30.1 Å². The Hall–Kier alpha value is -2.63. The summed E-state index contributed by atoms with van der Waals surface area (Å²) in [6, 6.07) is 8.44. The Labute approximate surface area is 219 Å². The molecule has 0 aliphatic heterocycles. The minimum absolute atomic E-state index is 0.0306. The third-order valence-electron chi connectivity index (χ3n) is 6.65. The van der Waals surface area contributed by atoms with E-state index >= 15 is 0 Å². The van der Waals surface area contributed by atoms with E-state index in [9.17, 15) is 0 Å². The molecule has 9 nitrogen and oxygen atoms in total. The summed E-state index contributed by atoms with van der Waals surface area (Å²) in [6.45, 7) is 7.41. The third-order valence-corrected chi connectivity index (χ3v) is 7.33. The molecule has 10 heteroatoms. The van der Waals surface area contributed by atoms with Crippen LogP contribution in [0, 0.1) is 29.6 Å². The van der Waals surface area contributed by atoms with Gasteiger partial charge in [0.05, 0.1) is 55.0 Å². The number of aromatic nitrogens is 3. The van der Waals surface area contributed by atoms with Gasteiger partial charge in [-0.2, -0.15) is 19.7 Å². The van der Waals surface area contributed by atoms with E-state index in [2.05, 4.69) is 38.2 Å². The Morgan fingerprint density at radius 2 is 1.61 bits per heavy atom. The first-order valence-corrected chi connectivity index (χ1v) is 13.0. The fourth-order valence-electron chi connectivity index (χ4n) is 5.06. The van der Waals surface area contributed by atoms with Crippen LogP contribution in [0.4, 0.5) is 5.82 Å². The molecular formula is C26H37N7O2S. The fourth-order valence-corrected chi connectivity index (χ4v) is 5.68. The summed E-state index contributed by atoms with van der Waals surface area (Å²) in [6.07, 6.45) is 2.72. The van der Waals surface area contributed by atoms with E-state index in [1.54, 1.807) is 14.2 Å². The zero-order valence-corrected chi connectivity index (χ0v) is 23.1. The highest BCUT2D eigenvalue weighted by Crippen LogP contribution is 2.53. The normalized spacial score (nSPS) is 21.3. The van der Waals surface area contributed by atoms with E-state index in [1.165, 1.54) is 12.1 Å². The van der Waals surface area contributed by atoms with Gasteiger partial charge in [-0.3, -0.25) is 0 Å². The topological polar surface area (TPSA) is 103 Å². The van der Waals surface area contributed by atoms with Crippen LogP contribution in [0.5, 0.6) is 0 Å². The summed E-state index contributed by atoms with van der Waals surface area (Å²) in [4.78, 5) is 6.87. The maximum atomic E-state index is 9.03. The lowest BCUT2D eigenvalue weighted by molar-refractivity contribution is -0.116. The highest BCUT2D eigenvalue weighted by molar-refractivity contribution is 7.95. The lowest BCUT2D eigenvalue weighted by Gasteiger charge is -2.51. The lowest BCUT2D eigenvalue weighted by Crippen LogP contribution is -2.54. The van der Waals surface area contributed by atoms with Gasteiger partial charge in [-0.25, -0.2) is 9.29 Å². The van der Waals surface area contributed by atoms with Gasteiger partial charge in [0.1, 0.15) is 5.82 Å². The molecule has 2 aromatic rings. The van der Waals surface area contributed by atoms with Crippen molar-refractivity contribution in [2.75, 3.05) is 46.3 Å². The minimum atomic E-state index is -0.0749. The third kappa shape index (κ3) is 5.84. The summed E-state index contributed by atoms with van der Waals surface area (Å²) in [5, 5.41) is 22.9. The van der Waals surface area contributed by atoms with Gasteiger partial charge in [-0.1, -0.05) is 19.9 Å². The molecule has 2 aromatic heterocycles. The Bertz CT molecular complexity index is 1070. The number of rotatable bonds is 12. The molecule has 2 unspecified atom stereocenters. The van der Waals surface area contributed by atoms with Crippen LogP contribution in [-0.4, -0.2) is 72.1 Å². The highest BCUT2D eigenvalue weighted by Gasteiger charge is 2.54. The molecule has 3 rings (SSSR count). The number of methoxy groups -OCH3 is 2. The molecule has 0 saturated heterocycles. The van der Waals surface area contributed by atoms with E-state index in [1.807, 2.05) is 40.4 Å². The first-order valence-electron chi connectivity index (χ1n) is 12.2. The molecule has 0 N–H and O–H groups in total. The molecule has 0 radical (unpaired) electrons. The number of ether oxygens (including phenoxy) is 2. The van der Waals surface area contributed by atoms with Crippen LogP contribution < -0.4 is 4.90 Å². The zero-order valence-electron chi connectivity index (χ0n) is 22.3. The SMILES string of the molecule is COC1C(c2ccc(N(CCC#N)CCC#N)nc2C)C(OC)C1c1cn(SN(C)C)nc1C(C)C. The van der Waals surface area contributed by atoms with Crippen molar-refractivity contribution in [2.24, 2.45) is 0 Å². The molecule has 1 saturated carbocycles. The van der Waals surface area contributed by atoms with Crippen LogP contribution in [0.25, 0.3) is 0 Å². The number of nitrogens with zero attached hydrogens (tertiary/aromatic N) is 7. The van der Waals surface area contributed by atoms with E-state index in [0.717, 1.165) is 28.3 Å². The van der Waals surface area contributed by atoms with Crippen LogP contribution in [-0.2, 0) is 9.47 Å². The number of hydrogen-bond acceptors (Lipinski definition) is 9. The molecule has 2 atom stereocenters. The van der Waals surface area contributed by atoms with Crippen LogP contribution in [0.1, 0.15) is 67.0 Å². The summed E-state index contributed by atoms with van der Waals surface area (Å²) >= 11 is 1.54. The van der Waals surface area contributed by atoms with E-state index in [0.29, 0.717) is 25.9 Å². The van der Waals surface area contributed by atoms with Crippen molar-refractivity contribution in [2.45, 2.75) is 63.6 Å². The minimum Gasteiger partial charge on any atom is -0.380 e. The molecule has 1 aliphatic carbocycles. The van der Waals surface area contributed by atoms with Gasteiger partial charge in [0.15, 0.2) is 0 Å². The summed E-state index contributed by atoms with van der Waals surface area (Å²) in [5.74, 6) is 1.14. The highest BCUT2D eigenvalue weighted by atomic mass is 32.2. The second-order valence-corrected chi connectivity index (χ2v) is 10.8. The maximum Gasteiger partial charge on any atom is 0.128 e. The number of nitriles is 2. The predicted octanol–water partition coefficient (Wildman–Crippen LogP) is 4.23. The molecule has 36 heavy (non-hydrogen) atoms. The summed E-state index contributed by atoms with van der Waals surface area (Å²) in [7, 11) is 7.51. The van der Waals surface area contributed by atoms with Crippen molar-refractivity contribution in [1.29, 1.82) is 10.5 Å². The van der Waals surface area contributed by atoms with E-state index in [-0.39, 0.29) is 30.0 Å². The first-order chi connectivity index (χ1) is 17.3. The molecule has 1 fully saturated rings. The lowest BCUT2D eigenvalue weighted by atomic mass is 9.62. The quantitative estimate of drug-likeness (QED) is 0.387. The van der Waals surface area contributed by atoms with Gasteiger partial charge in [-0.15, -0.1) is 0 Å². The van der Waals surface area contributed by atoms with Gasteiger partial charge >= 0.3 is 0 Å². The van der Waals surface area contributed by atoms with Crippen molar-refractivity contribution in [3.05, 3.63) is 40.8 Å².